The van der Waals surface area contributed by atoms with Crippen LogP contribution >= 0.6 is 11.8 Å². The van der Waals surface area contributed by atoms with Gasteiger partial charge in [-0.05, 0) is 49.3 Å². The van der Waals surface area contributed by atoms with Crippen molar-refractivity contribution in [1.29, 1.82) is 0 Å². The van der Waals surface area contributed by atoms with Crippen molar-refractivity contribution >= 4 is 17.7 Å². The van der Waals surface area contributed by atoms with E-state index in [0.29, 0.717) is 12.0 Å². The minimum absolute atomic E-state index is 0.156. The molecule has 1 aromatic heterocycles. The molecule has 0 saturated carbocycles. The Labute approximate surface area is 141 Å². The fourth-order valence-corrected chi connectivity index (χ4v) is 3.83. The average Bonchev–Trinajstić information content (AvgIpc) is 3.23. The van der Waals surface area contributed by atoms with Gasteiger partial charge in [0.2, 0.25) is 0 Å². The molecule has 5 heteroatoms. The quantitative estimate of drug-likeness (QED) is 0.800. The summed E-state index contributed by atoms with van der Waals surface area (Å²) in [4.78, 5) is 19.1. The number of likely N-dealkylation sites (tertiary alicyclic amines) is 1. The van der Waals surface area contributed by atoms with Gasteiger partial charge >= 0.3 is 0 Å². The van der Waals surface area contributed by atoms with Gasteiger partial charge in [-0.15, -0.1) is 0 Å². The molecule has 3 rings (SSSR count). The molecular formula is C18H23N3OS. The summed E-state index contributed by atoms with van der Waals surface area (Å²) in [7, 11) is 0. The lowest BCUT2D eigenvalue weighted by atomic mass is 10.0. The zero-order chi connectivity index (χ0) is 16.4. The minimum Gasteiger partial charge on any atom is -0.335 e. The van der Waals surface area contributed by atoms with E-state index in [1.54, 1.807) is 18.0 Å². The average molecular weight is 329 g/mol. The number of amides is 1. The van der Waals surface area contributed by atoms with E-state index in [1.807, 2.05) is 46.2 Å². The normalized spacial score (nSPS) is 17.9. The number of benzene rings is 1. The summed E-state index contributed by atoms with van der Waals surface area (Å²) in [6.45, 7) is 5.27. The topological polar surface area (TPSA) is 38.1 Å². The van der Waals surface area contributed by atoms with Crippen LogP contribution in [0.25, 0.3) is 5.69 Å². The molecular weight excluding hydrogens is 306 g/mol. The van der Waals surface area contributed by atoms with Crippen LogP contribution in [0.3, 0.4) is 0 Å². The van der Waals surface area contributed by atoms with Gasteiger partial charge in [0.05, 0.1) is 0 Å². The third-order valence-electron chi connectivity index (χ3n) is 4.51. The van der Waals surface area contributed by atoms with Crippen molar-refractivity contribution < 1.29 is 4.79 Å². The molecule has 122 valence electrons. The molecule has 4 nitrogen and oxygen atoms in total. The molecule has 2 heterocycles. The molecule has 1 atom stereocenters. The smallest absolute Gasteiger partial charge is 0.254 e. The first-order valence-electron chi connectivity index (χ1n) is 8.10. The number of carbonyl (C=O) groups excluding carboxylic acids is 1. The number of imidazole rings is 1. The van der Waals surface area contributed by atoms with Crippen LogP contribution in [0.2, 0.25) is 0 Å². The second kappa shape index (κ2) is 6.79. The van der Waals surface area contributed by atoms with E-state index in [9.17, 15) is 4.79 Å². The molecule has 1 aliphatic heterocycles. The molecule has 1 saturated heterocycles. The summed E-state index contributed by atoms with van der Waals surface area (Å²) < 4.78 is 2.03. The zero-order valence-electron chi connectivity index (χ0n) is 13.9. The van der Waals surface area contributed by atoms with Gasteiger partial charge < -0.3 is 4.90 Å². The summed E-state index contributed by atoms with van der Waals surface area (Å²) >= 11 is 1.61. The van der Waals surface area contributed by atoms with Gasteiger partial charge in [-0.3, -0.25) is 9.36 Å². The molecule has 0 spiro atoms. The van der Waals surface area contributed by atoms with Crippen molar-refractivity contribution in [3.05, 3.63) is 42.2 Å². The fourth-order valence-electron chi connectivity index (χ4n) is 3.31. The van der Waals surface area contributed by atoms with E-state index in [1.165, 1.54) is 0 Å². The molecule has 23 heavy (non-hydrogen) atoms. The second-order valence-electron chi connectivity index (χ2n) is 6.28. The van der Waals surface area contributed by atoms with E-state index < -0.39 is 0 Å². The van der Waals surface area contributed by atoms with Crippen molar-refractivity contribution in [2.45, 2.75) is 37.9 Å². The summed E-state index contributed by atoms with van der Waals surface area (Å²) in [6.07, 6.45) is 7.98. The van der Waals surface area contributed by atoms with Crippen molar-refractivity contribution in [2.24, 2.45) is 5.92 Å². The van der Waals surface area contributed by atoms with Crippen LogP contribution in [0.5, 0.6) is 0 Å². The highest BCUT2D eigenvalue weighted by molar-refractivity contribution is 7.98. The molecule has 0 unspecified atom stereocenters. The van der Waals surface area contributed by atoms with Crippen LogP contribution in [-0.4, -0.2) is 39.2 Å². The van der Waals surface area contributed by atoms with Crippen LogP contribution in [-0.2, 0) is 0 Å². The van der Waals surface area contributed by atoms with Crippen molar-refractivity contribution in [1.82, 2.24) is 14.5 Å². The molecule has 0 aliphatic carbocycles. The highest BCUT2D eigenvalue weighted by atomic mass is 32.2. The number of thioether (sulfide) groups is 1. The number of rotatable bonds is 4. The summed E-state index contributed by atoms with van der Waals surface area (Å²) in [5.41, 5.74) is 1.80. The molecule has 2 aromatic rings. The van der Waals surface area contributed by atoms with E-state index >= 15 is 0 Å². The monoisotopic (exact) mass is 329 g/mol. The van der Waals surface area contributed by atoms with Gasteiger partial charge in [-0.25, -0.2) is 4.98 Å². The number of hydrogen-bond donors (Lipinski definition) is 0. The Balaban J connectivity index is 1.81. The van der Waals surface area contributed by atoms with Crippen molar-refractivity contribution in [2.75, 3.05) is 12.8 Å². The predicted molar refractivity (Wildman–Crippen MR) is 94.2 cm³/mol. The maximum atomic E-state index is 12.8. The molecule has 1 aromatic carbocycles. The van der Waals surface area contributed by atoms with Crippen molar-refractivity contribution in [3.63, 3.8) is 0 Å². The molecule has 1 fully saturated rings. The lowest BCUT2D eigenvalue weighted by Crippen LogP contribution is -2.38. The maximum absolute atomic E-state index is 12.8. The minimum atomic E-state index is 0.156. The predicted octanol–water partition coefficient (Wildman–Crippen LogP) is 3.85. The molecule has 1 aliphatic rings. The molecule has 0 N–H and O–H groups in total. The van der Waals surface area contributed by atoms with Crippen LogP contribution in [0, 0.1) is 5.92 Å². The van der Waals surface area contributed by atoms with Crippen molar-refractivity contribution in [3.8, 4) is 5.69 Å². The number of hydrogen-bond acceptors (Lipinski definition) is 3. The fraction of sp³-hybridized carbons (Fsp3) is 0.444. The van der Waals surface area contributed by atoms with Gasteiger partial charge in [-0.1, -0.05) is 25.6 Å². The van der Waals surface area contributed by atoms with Gasteiger partial charge in [0.25, 0.3) is 5.91 Å². The zero-order valence-corrected chi connectivity index (χ0v) is 14.7. The van der Waals surface area contributed by atoms with E-state index in [2.05, 4.69) is 18.8 Å². The first-order chi connectivity index (χ1) is 11.1. The lowest BCUT2D eigenvalue weighted by molar-refractivity contribution is 0.0701. The van der Waals surface area contributed by atoms with Gasteiger partial charge in [0.1, 0.15) is 0 Å². The molecule has 0 radical (unpaired) electrons. The largest absolute Gasteiger partial charge is 0.335 e. The van der Waals surface area contributed by atoms with Crippen LogP contribution in [0.15, 0.2) is 41.8 Å². The van der Waals surface area contributed by atoms with Crippen LogP contribution in [0.4, 0.5) is 0 Å². The Morgan fingerprint density at radius 3 is 2.70 bits per heavy atom. The van der Waals surface area contributed by atoms with Gasteiger partial charge in [-0.2, -0.15) is 0 Å². The number of carbonyl (C=O) groups is 1. The Bertz CT molecular complexity index is 678. The van der Waals surface area contributed by atoms with Crippen LogP contribution < -0.4 is 0 Å². The lowest BCUT2D eigenvalue weighted by Gasteiger charge is -2.27. The first kappa shape index (κ1) is 16.1. The SMILES string of the molecule is CSc1nccn1-c1ccc(C(=O)N2CCC[C@H]2C(C)C)cc1. The van der Waals surface area contributed by atoms with E-state index in [4.69, 9.17) is 0 Å². The second-order valence-corrected chi connectivity index (χ2v) is 7.06. The number of nitrogens with zero attached hydrogens (tertiary/aromatic N) is 3. The first-order valence-corrected chi connectivity index (χ1v) is 9.33. The summed E-state index contributed by atoms with van der Waals surface area (Å²) in [5, 5.41) is 0.948. The Morgan fingerprint density at radius 1 is 1.30 bits per heavy atom. The highest BCUT2D eigenvalue weighted by Gasteiger charge is 2.31. The Hall–Kier alpha value is -1.75. The van der Waals surface area contributed by atoms with Gasteiger partial charge in [0.15, 0.2) is 5.16 Å². The Morgan fingerprint density at radius 2 is 2.04 bits per heavy atom. The third kappa shape index (κ3) is 3.15. The maximum Gasteiger partial charge on any atom is 0.254 e. The molecule has 0 bridgehead atoms. The summed E-state index contributed by atoms with van der Waals surface area (Å²) in [5.74, 6) is 0.666. The third-order valence-corrected chi connectivity index (χ3v) is 5.18. The molecule has 1 amide bonds. The Kier molecular flexibility index (Phi) is 4.76. The number of aromatic nitrogens is 2. The van der Waals surface area contributed by atoms with E-state index in [-0.39, 0.29) is 5.91 Å². The standard InChI is InChI=1S/C18H23N3OS/c1-13(2)16-5-4-11-21(16)17(22)14-6-8-15(9-7-14)20-12-10-19-18(20)23-3/h6-10,12-13,16H,4-5,11H2,1-3H3/t16-/m0/s1. The van der Waals surface area contributed by atoms with Crippen LogP contribution in [0.1, 0.15) is 37.0 Å². The summed E-state index contributed by atoms with van der Waals surface area (Å²) in [6, 6.07) is 8.22. The van der Waals surface area contributed by atoms with E-state index in [0.717, 1.165) is 35.8 Å². The van der Waals surface area contributed by atoms with Gasteiger partial charge in [0, 0.05) is 36.2 Å². The highest BCUT2D eigenvalue weighted by Crippen LogP contribution is 2.26.